The quantitative estimate of drug-likeness (QED) is 0.542. The predicted octanol–water partition coefficient (Wildman–Crippen LogP) is 5.33. The number of hydrogen-bond acceptors (Lipinski definition) is 1. The molecular formula is C22H18N2. The highest BCUT2D eigenvalue weighted by Crippen LogP contribution is 2.27. The van der Waals surface area contributed by atoms with Crippen LogP contribution in [0.15, 0.2) is 91.0 Å². The Balaban J connectivity index is 1.69. The molecule has 0 bridgehead atoms. The monoisotopic (exact) mass is 310 g/mol. The Labute approximate surface area is 141 Å². The maximum absolute atomic E-state index is 4.49. The van der Waals surface area contributed by atoms with E-state index in [0.29, 0.717) is 0 Å². The zero-order valence-corrected chi connectivity index (χ0v) is 13.3. The third-order valence-electron chi connectivity index (χ3n) is 4.19. The first-order chi connectivity index (χ1) is 11.9. The Morgan fingerprint density at radius 2 is 1.38 bits per heavy atom. The van der Waals surface area contributed by atoms with E-state index in [9.17, 15) is 0 Å². The second-order valence-electron chi connectivity index (χ2n) is 5.85. The van der Waals surface area contributed by atoms with E-state index in [-0.39, 0.29) is 0 Å². The molecule has 3 aromatic carbocycles. The second kappa shape index (κ2) is 6.55. The van der Waals surface area contributed by atoms with Crippen LogP contribution in [0.2, 0.25) is 0 Å². The van der Waals surface area contributed by atoms with E-state index in [2.05, 4.69) is 83.0 Å². The summed E-state index contributed by atoms with van der Waals surface area (Å²) >= 11 is 0. The average Bonchev–Trinajstić information content (AvgIpc) is 3.14. The minimum Gasteiger partial charge on any atom is -0.277 e. The molecule has 0 aliphatic heterocycles. The molecule has 0 fully saturated rings. The molecule has 0 spiro atoms. The minimum absolute atomic E-state index is 0.913. The van der Waals surface area contributed by atoms with Gasteiger partial charge in [-0.25, -0.2) is 0 Å². The van der Waals surface area contributed by atoms with Crippen molar-refractivity contribution in [1.82, 2.24) is 10.2 Å². The molecule has 116 valence electrons. The van der Waals surface area contributed by atoms with Gasteiger partial charge >= 0.3 is 0 Å². The molecule has 4 rings (SSSR count). The second-order valence-corrected chi connectivity index (χ2v) is 5.85. The fraction of sp³-hybridized carbons (Fsp3) is 0.0455. The molecule has 0 unspecified atom stereocenters. The SMILES string of the molecule is c1ccc(Cc2ccccc2-c2cc(-c3ccccc3)n[nH]2)cc1. The van der Waals surface area contributed by atoms with Crippen LogP contribution >= 0.6 is 0 Å². The van der Waals surface area contributed by atoms with E-state index in [1.54, 1.807) is 0 Å². The predicted molar refractivity (Wildman–Crippen MR) is 98.7 cm³/mol. The number of nitrogens with one attached hydrogen (secondary N) is 1. The summed E-state index contributed by atoms with van der Waals surface area (Å²) in [5.41, 5.74) is 6.97. The van der Waals surface area contributed by atoms with Gasteiger partial charge in [-0.05, 0) is 23.6 Å². The smallest absolute Gasteiger partial charge is 0.0927 e. The van der Waals surface area contributed by atoms with Gasteiger partial charge in [-0.1, -0.05) is 84.9 Å². The van der Waals surface area contributed by atoms with E-state index in [0.717, 1.165) is 23.4 Å². The molecule has 0 aliphatic rings. The van der Waals surface area contributed by atoms with Crippen LogP contribution in [0.3, 0.4) is 0 Å². The van der Waals surface area contributed by atoms with Crippen molar-refractivity contribution < 1.29 is 0 Å². The van der Waals surface area contributed by atoms with E-state index in [1.165, 1.54) is 16.7 Å². The van der Waals surface area contributed by atoms with Crippen molar-refractivity contribution in [3.05, 3.63) is 102 Å². The molecule has 1 aromatic heterocycles. The van der Waals surface area contributed by atoms with Crippen LogP contribution in [0.1, 0.15) is 11.1 Å². The molecule has 0 saturated carbocycles. The number of nitrogens with zero attached hydrogens (tertiary/aromatic N) is 1. The zero-order chi connectivity index (χ0) is 16.2. The Morgan fingerprint density at radius 3 is 2.17 bits per heavy atom. The average molecular weight is 310 g/mol. The standard InChI is InChI=1S/C22H18N2/c1-3-9-17(10-4-1)15-19-13-7-8-14-20(19)22-16-21(23-24-22)18-11-5-2-6-12-18/h1-14,16H,15H2,(H,23,24). The Kier molecular flexibility index (Phi) is 3.95. The molecule has 0 saturated heterocycles. The molecule has 0 aliphatic carbocycles. The minimum atomic E-state index is 0.913. The maximum Gasteiger partial charge on any atom is 0.0927 e. The number of benzene rings is 3. The van der Waals surface area contributed by atoms with Gasteiger partial charge in [0.2, 0.25) is 0 Å². The van der Waals surface area contributed by atoms with Crippen LogP contribution in [0.25, 0.3) is 22.5 Å². The van der Waals surface area contributed by atoms with Crippen molar-refractivity contribution in [2.24, 2.45) is 0 Å². The van der Waals surface area contributed by atoms with Gasteiger partial charge in [0.1, 0.15) is 0 Å². The largest absolute Gasteiger partial charge is 0.277 e. The molecule has 1 N–H and O–H groups in total. The van der Waals surface area contributed by atoms with Gasteiger partial charge in [0.25, 0.3) is 0 Å². The summed E-state index contributed by atoms with van der Waals surface area (Å²) in [6.07, 6.45) is 0.913. The van der Waals surface area contributed by atoms with Crippen LogP contribution in [-0.4, -0.2) is 10.2 Å². The maximum atomic E-state index is 4.49. The van der Waals surface area contributed by atoms with Gasteiger partial charge in [0.15, 0.2) is 0 Å². The Morgan fingerprint density at radius 1 is 0.708 bits per heavy atom. The molecule has 2 nitrogen and oxygen atoms in total. The van der Waals surface area contributed by atoms with Crippen molar-refractivity contribution in [2.75, 3.05) is 0 Å². The molecule has 24 heavy (non-hydrogen) atoms. The molecule has 1 heterocycles. The van der Waals surface area contributed by atoms with Gasteiger partial charge in [0, 0.05) is 11.1 Å². The summed E-state index contributed by atoms with van der Waals surface area (Å²) in [5.74, 6) is 0. The first-order valence-electron chi connectivity index (χ1n) is 8.13. The highest BCUT2D eigenvalue weighted by Gasteiger charge is 2.09. The van der Waals surface area contributed by atoms with Crippen molar-refractivity contribution in [2.45, 2.75) is 6.42 Å². The first-order valence-corrected chi connectivity index (χ1v) is 8.13. The van der Waals surface area contributed by atoms with Crippen molar-refractivity contribution >= 4 is 0 Å². The number of rotatable bonds is 4. The van der Waals surface area contributed by atoms with Crippen LogP contribution in [0.5, 0.6) is 0 Å². The molecule has 0 radical (unpaired) electrons. The zero-order valence-electron chi connectivity index (χ0n) is 13.3. The number of aromatic nitrogens is 2. The summed E-state index contributed by atoms with van der Waals surface area (Å²) < 4.78 is 0. The molecular weight excluding hydrogens is 292 g/mol. The third-order valence-corrected chi connectivity index (χ3v) is 4.19. The van der Waals surface area contributed by atoms with Crippen molar-refractivity contribution in [3.63, 3.8) is 0 Å². The van der Waals surface area contributed by atoms with Gasteiger partial charge < -0.3 is 0 Å². The van der Waals surface area contributed by atoms with E-state index < -0.39 is 0 Å². The van der Waals surface area contributed by atoms with E-state index in [1.807, 2.05) is 18.2 Å². The highest BCUT2D eigenvalue weighted by molar-refractivity contribution is 5.70. The lowest BCUT2D eigenvalue weighted by Gasteiger charge is -2.08. The summed E-state index contributed by atoms with van der Waals surface area (Å²) in [7, 11) is 0. The van der Waals surface area contributed by atoms with Gasteiger partial charge in [-0.15, -0.1) is 0 Å². The molecule has 0 atom stereocenters. The van der Waals surface area contributed by atoms with Gasteiger partial charge in [-0.2, -0.15) is 5.10 Å². The lowest BCUT2D eigenvalue weighted by molar-refractivity contribution is 1.09. The van der Waals surface area contributed by atoms with Crippen LogP contribution < -0.4 is 0 Å². The van der Waals surface area contributed by atoms with Gasteiger partial charge in [-0.3, -0.25) is 5.10 Å². The lowest BCUT2D eigenvalue weighted by Crippen LogP contribution is -1.92. The normalized spacial score (nSPS) is 10.7. The number of aromatic amines is 1. The molecule has 0 amide bonds. The topological polar surface area (TPSA) is 28.7 Å². The van der Waals surface area contributed by atoms with E-state index in [4.69, 9.17) is 0 Å². The van der Waals surface area contributed by atoms with Crippen LogP contribution in [-0.2, 0) is 6.42 Å². The highest BCUT2D eigenvalue weighted by atomic mass is 15.1. The Hall–Kier alpha value is -3.13. The van der Waals surface area contributed by atoms with Crippen LogP contribution in [0, 0.1) is 0 Å². The number of H-pyrrole nitrogens is 1. The Bertz CT molecular complexity index is 924. The molecule has 2 heteroatoms. The number of hydrogen-bond donors (Lipinski definition) is 1. The summed E-state index contributed by atoms with van der Waals surface area (Å²) in [6, 6.07) is 31.4. The van der Waals surface area contributed by atoms with Crippen molar-refractivity contribution in [3.8, 4) is 22.5 Å². The van der Waals surface area contributed by atoms with Crippen LogP contribution in [0.4, 0.5) is 0 Å². The lowest BCUT2D eigenvalue weighted by atomic mass is 9.97. The van der Waals surface area contributed by atoms with E-state index >= 15 is 0 Å². The van der Waals surface area contributed by atoms with Crippen molar-refractivity contribution in [1.29, 1.82) is 0 Å². The van der Waals surface area contributed by atoms with Gasteiger partial charge in [0.05, 0.1) is 11.4 Å². The molecule has 4 aromatic rings. The summed E-state index contributed by atoms with van der Waals surface area (Å²) in [5, 5.41) is 7.68. The first kappa shape index (κ1) is 14.5. The fourth-order valence-electron chi connectivity index (χ4n) is 2.97. The summed E-state index contributed by atoms with van der Waals surface area (Å²) in [4.78, 5) is 0. The third kappa shape index (κ3) is 2.99. The summed E-state index contributed by atoms with van der Waals surface area (Å²) in [6.45, 7) is 0. The fourth-order valence-corrected chi connectivity index (χ4v) is 2.97.